The summed E-state index contributed by atoms with van der Waals surface area (Å²) < 4.78 is 0. The highest BCUT2D eigenvalue weighted by atomic mass is 15.2. The lowest BCUT2D eigenvalue weighted by molar-refractivity contribution is 0.719. The summed E-state index contributed by atoms with van der Waals surface area (Å²) in [7, 11) is 0. The summed E-state index contributed by atoms with van der Waals surface area (Å²) in [5.41, 5.74) is 9.38. The number of anilines is 2. The first-order valence-electron chi connectivity index (χ1n) is 6.91. The molecule has 1 unspecified atom stereocenters. The minimum Gasteiger partial charge on any atom is -0.399 e. The lowest BCUT2D eigenvalue weighted by Gasteiger charge is -2.28. The number of nitriles is 1. The molecule has 3 nitrogen and oxygen atoms in total. The fourth-order valence-corrected chi connectivity index (χ4v) is 2.97. The fourth-order valence-electron chi connectivity index (χ4n) is 2.97. The number of rotatable bonds is 2. The molecule has 2 aromatic carbocycles. The van der Waals surface area contributed by atoms with Crippen LogP contribution in [0.4, 0.5) is 11.4 Å². The summed E-state index contributed by atoms with van der Waals surface area (Å²) in [6, 6.07) is 18.7. The molecule has 1 fully saturated rings. The van der Waals surface area contributed by atoms with Gasteiger partial charge in [-0.25, -0.2) is 0 Å². The van der Waals surface area contributed by atoms with Gasteiger partial charge < -0.3 is 10.6 Å². The van der Waals surface area contributed by atoms with E-state index in [1.54, 1.807) is 6.07 Å². The van der Waals surface area contributed by atoms with Crippen LogP contribution in [0.15, 0.2) is 48.5 Å². The van der Waals surface area contributed by atoms with E-state index in [0.29, 0.717) is 17.3 Å². The highest BCUT2D eigenvalue weighted by Gasteiger charge is 2.27. The first-order chi connectivity index (χ1) is 9.79. The average molecular weight is 263 g/mol. The Hall–Kier alpha value is -2.47. The summed E-state index contributed by atoms with van der Waals surface area (Å²) >= 11 is 0. The normalized spacial score (nSPS) is 17.9. The number of hydrogen-bond donors (Lipinski definition) is 1. The van der Waals surface area contributed by atoms with Crippen molar-refractivity contribution in [2.45, 2.75) is 18.9 Å². The maximum Gasteiger partial charge on any atom is 0.101 e. The second kappa shape index (κ2) is 5.26. The standard InChI is InChI=1S/C17H17N3/c18-12-14-11-15(19)8-9-17(14)20-10-4-7-16(20)13-5-2-1-3-6-13/h1-3,5-6,8-9,11,16H,4,7,10,19H2. The van der Waals surface area contributed by atoms with E-state index in [2.05, 4.69) is 35.2 Å². The number of hydrogen-bond acceptors (Lipinski definition) is 3. The zero-order chi connectivity index (χ0) is 13.9. The Morgan fingerprint density at radius 2 is 1.95 bits per heavy atom. The molecule has 20 heavy (non-hydrogen) atoms. The van der Waals surface area contributed by atoms with Gasteiger partial charge in [-0.3, -0.25) is 0 Å². The molecule has 0 spiro atoms. The second-order valence-electron chi connectivity index (χ2n) is 5.15. The number of nitrogens with zero attached hydrogens (tertiary/aromatic N) is 2. The summed E-state index contributed by atoms with van der Waals surface area (Å²) in [5.74, 6) is 0. The van der Waals surface area contributed by atoms with E-state index in [-0.39, 0.29) is 0 Å². The second-order valence-corrected chi connectivity index (χ2v) is 5.15. The van der Waals surface area contributed by atoms with Crippen molar-refractivity contribution in [1.29, 1.82) is 5.26 Å². The Balaban J connectivity index is 1.99. The van der Waals surface area contributed by atoms with Crippen LogP contribution in [0.5, 0.6) is 0 Å². The quantitative estimate of drug-likeness (QED) is 0.844. The van der Waals surface area contributed by atoms with Crippen LogP contribution in [0.3, 0.4) is 0 Å². The fraction of sp³-hybridized carbons (Fsp3) is 0.235. The third kappa shape index (κ3) is 2.21. The van der Waals surface area contributed by atoms with Crippen molar-refractivity contribution in [1.82, 2.24) is 0 Å². The molecule has 3 rings (SSSR count). The van der Waals surface area contributed by atoms with Crippen molar-refractivity contribution in [3.63, 3.8) is 0 Å². The molecule has 2 aromatic rings. The number of nitrogen functional groups attached to an aromatic ring is 1. The summed E-state index contributed by atoms with van der Waals surface area (Å²) in [6.45, 7) is 0.984. The molecule has 0 aliphatic carbocycles. The van der Waals surface area contributed by atoms with Crippen LogP contribution in [0.1, 0.15) is 30.0 Å². The summed E-state index contributed by atoms with van der Waals surface area (Å²) in [5, 5.41) is 9.33. The van der Waals surface area contributed by atoms with Gasteiger partial charge in [-0.15, -0.1) is 0 Å². The van der Waals surface area contributed by atoms with Crippen molar-refractivity contribution < 1.29 is 0 Å². The topological polar surface area (TPSA) is 53.1 Å². The predicted octanol–water partition coefficient (Wildman–Crippen LogP) is 3.48. The molecule has 1 aliphatic rings. The van der Waals surface area contributed by atoms with Gasteiger partial charge in [0.05, 0.1) is 17.3 Å². The highest BCUT2D eigenvalue weighted by Crippen LogP contribution is 2.37. The Kier molecular flexibility index (Phi) is 3.30. The minimum absolute atomic E-state index is 0.354. The van der Waals surface area contributed by atoms with Crippen LogP contribution >= 0.6 is 0 Å². The van der Waals surface area contributed by atoms with Gasteiger partial charge in [-0.05, 0) is 36.6 Å². The molecule has 0 amide bonds. The molecular formula is C17H17N3. The van der Waals surface area contributed by atoms with Crippen LogP contribution in [0.2, 0.25) is 0 Å². The molecule has 1 heterocycles. The first-order valence-corrected chi connectivity index (χ1v) is 6.91. The molecule has 0 radical (unpaired) electrons. The first kappa shape index (κ1) is 12.6. The van der Waals surface area contributed by atoms with Crippen molar-refractivity contribution >= 4 is 11.4 Å². The lowest BCUT2D eigenvalue weighted by Crippen LogP contribution is -2.23. The van der Waals surface area contributed by atoms with Crippen molar-refractivity contribution in [3.8, 4) is 6.07 Å². The molecule has 1 atom stereocenters. The van der Waals surface area contributed by atoms with E-state index in [1.807, 2.05) is 18.2 Å². The molecular weight excluding hydrogens is 246 g/mol. The van der Waals surface area contributed by atoms with Crippen molar-refractivity contribution in [2.75, 3.05) is 17.2 Å². The minimum atomic E-state index is 0.354. The van der Waals surface area contributed by atoms with Gasteiger partial charge in [0.15, 0.2) is 0 Å². The molecule has 100 valence electrons. The van der Waals surface area contributed by atoms with E-state index in [1.165, 1.54) is 5.56 Å². The largest absolute Gasteiger partial charge is 0.399 e. The summed E-state index contributed by atoms with van der Waals surface area (Å²) in [6.07, 6.45) is 2.27. The van der Waals surface area contributed by atoms with Gasteiger partial charge in [-0.2, -0.15) is 5.26 Å². The number of nitrogens with two attached hydrogens (primary N) is 1. The van der Waals surface area contributed by atoms with Crippen molar-refractivity contribution in [2.24, 2.45) is 0 Å². The highest BCUT2D eigenvalue weighted by molar-refractivity contribution is 5.65. The van der Waals surface area contributed by atoms with E-state index in [4.69, 9.17) is 5.73 Å². The van der Waals surface area contributed by atoms with Crippen LogP contribution in [0, 0.1) is 11.3 Å². The lowest BCUT2D eigenvalue weighted by atomic mass is 10.0. The molecule has 2 N–H and O–H groups in total. The third-order valence-electron chi connectivity index (χ3n) is 3.89. The molecule has 0 bridgehead atoms. The van der Waals surface area contributed by atoms with Crippen LogP contribution in [-0.4, -0.2) is 6.54 Å². The maximum atomic E-state index is 9.33. The van der Waals surface area contributed by atoms with Gasteiger partial charge in [0, 0.05) is 12.2 Å². The van der Waals surface area contributed by atoms with E-state index in [0.717, 1.165) is 25.1 Å². The average Bonchev–Trinajstić information content (AvgIpc) is 2.97. The van der Waals surface area contributed by atoms with Gasteiger partial charge in [0.2, 0.25) is 0 Å². The van der Waals surface area contributed by atoms with Gasteiger partial charge in [-0.1, -0.05) is 30.3 Å². The van der Waals surface area contributed by atoms with Gasteiger partial charge in [0.25, 0.3) is 0 Å². The van der Waals surface area contributed by atoms with Crippen LogP contribution in [0.25, 0.3) is 0 Å². The molecule has 1 aliphatic heterocycles. The monoisotopic (exact) mass is 263 g/mol. The van der Waals surface area contributed by atoms with Crippen molar-refractivity contribution in [3.05, 3.63) is 59.7 Å². The zero-order valence-corrected chi connectivity index (χ0v) is 11.3. The predicted molar refractivity (Wildman–Crippen MR) is 81.3 cm³/mol. The Morgan fingerprint density at radius 3 is 2.70 bits per heavy atom. The molecule has 1 saturated heterocycles. The van der Waals surface area contributed by atoms with E-state index < -0.39 is 0 Å². The molecule has 0 saturated carbocycles. The van der Waals surface area contributed by atoms with Crippen LogP contribution in [-0.2, 0) is 0 Å². The Labute approximate surface area is 119 Å². The van der Waals surface area contributed by atoms with Gasteiger partial charge in [0.1, 0.15) is 6.07 Å². The number of benzene rings is 2. The molecule has 0 aromatic heterocycles. The third-order valence-corrected chi connectivity index (χ3v) is 3.89. The Morgan fingerprint density at radius 1 is 1.15 bits per heavy atom. The summed E-state index contributed by atoms with van der Waals surface area (Å²) in [4.78, 5) is 2.33. The maximum absolute atomic E-state index is 9.33. The van der Waals surface area contributed by atoms with E-state index in [9.17, 15) is 5.26 Å². The molecule has 3 heteroatoms. The Bertz CT molecular complexity index is 643. The van der Waals surface area contributed by atoms with Gasteiger partial charge >= 0.3 is 0 Å². The zero-order valence-electron chi connectivity index (χ0n) is 11.3. The van der Waals surface area contributed by atoms with Crippen LogP contribution < -0.4 is 10.6 Å². The van der Waals surface area contributed by atoms with E-state index >= 15 is 0 Å². The smallest absolute Gasteiger partial charge is 0.101 e. The SMILES string of the molecule is N#Cc1cc(N)ccc1N1CCCC1c1ccccc1.